The van der Waals surface area contributed by atoms with Gasteiger partial charge in [-0.1, -0.05) is 28.1 Å². The lowest BCUT2D eigenvalue weighted by molar-refractivity contribution is 0.0785. The second kappa shape index (κ2) is 8.89. The van der Waals surface area contributed by atoms with Crippen LogP contribution in [0.25, 0.3) is 0 Å². The number of nitrogens with zero attached hydrogens (tertiary/aromatic N) is 3. The van der Waals surface area contributed by atoms with Gasteiger partial charge in [-0.05, 0) is 55.8 Å². The van der Waals surface area contributed by atoms with Gasteiger partial charge in [-0.25, -0.2) is 0 Å². The summed E-state index contributed by atoms with van der Waals surface area (Å²) in [6.07, 6.45) is 0. The Hall–Kier alpha value is -1.85. The summed E-state index contributed by atoms with van der Waals surface area (Å²) in [7, 11) is 1.85. The van der Waals surface area contributed by atoms with Crippen LogP contribution in [-0.4, -0.2) is 55.0 Å². The molecule has 2 aromatic carbocycles. The van der Waals surface area contributed by atoms with Crippen LogP contribution in [0.4, 0.5) is 5.69 Å². The highest BCUT2D eigenvalue weighted by Gasteiger charge is 2.19. The van der Waals surface area contributed by atoms with Gasteiger partial charge in [-0.3, -0.25) is 9.69 Å². The van der Waals surface area contributed by atoms with Crippen molar-refractivity contribution in [3.05, 3.63) is 64.1 Å². The van der Waals surface area contributed by atoms with Gasteiger partial charge in [0.1, 0.15) is 0 Å². The zero-order valence-electron chi connectivity index (χ0n) is 16.4. The molecule has 0 aliphatic carbocycles. The fraction of sp³-hybridized carbons (Fsp3) is 0.409. The molecule has 1 aliphatic heterocycles. The highest BCUT2D eigenvalue weighted by Crippen LogP contribution is 2.19. The maximum absolute atomic E-state index is 12.7. The normalized spacial score (nSPS) is 15.2. The van der Waals surface area contributed by atoms with E-state index in [1.165, 1.54) is 5.69 Å². The third-order valence-electron chi connectivity index (χ3n) is 5.20. The number of benzene rings is 2. The average molecular weight is 430 g/mol. The Morgan fingerprint density at radius 3 is 2.15 bits per heavy atom. The first-order valence-electron chi connectivity index (χ1n) is 9.53. The van der Waals surface area contributed by atoms with Crippen molar-refractivity contribution < 1.29 is 4.79 Å². The van der Waals surface area contributed by atoms with Gasteiger partial charge in [0, 0.05) is 61.5 Å². The van der Waals surface area contributed by atoms with Gasteiger partial charge < -0.3 is 9.80 Å². The fourth-order valence-electron chi connectivity index (χ4n) is 3.47. The number of piperazine rings is 1. The van der Waals surface area contributed by atoms with Gasteiger partial charge in [-0.2, -0.15) is 0 Å². The molecule has 5 heteroatoms. The Morgan fingerprint density at radius 1 is 1.00 bits per heavy atom. The standard InChI is InChI=1S/C22H28BrN3O/c1-17(2)25-12-14-26(15-13-25)21-10-6-19(7-11-21)22(27)24(3)16-18-4-8-20(23)9-5-18/h4-11,17H,12-16H2,1-3H3. The maximum Gasteiger partial charge on any atom is 0.253 e. The lowest BCUT2D eigenvalue weighted by Gasteiger charge is -2.38. The van der Waals surface area contributed by atoms with Crippen LogP contribution >= 0.6 is 15.9 Å². The molecular formula is C22H28BrN3O. The monoisotopic (exact) mass is 429 g/mol. The largest absolute Gasteiger partial charge is 0.369 e. The molecule has 4 nitrogen and oxygen atoms in total. The topological polar surface area (TPSA) is 26.8 Å². The van der Waals surface area contributed by atoms with Crippen molar-refractivity contribution in [2.45, 2.75) is 26.4 Å². The molecule has 0 unspecified atom stereocenters. The average Bonchev–Trinajstić information content (AvgIpc) is 2.69. The second-order valence-corrected chi connectivity index (χ2v) is 8.37. The van der Waals surface area contributed by atoms with Crippen molar-refractivity contribution in [3.63, 3.8) is 0 Å². The summed E-state index contributed by atoms with van der Waals surface area (Å²) in [5, 5.41) is 0. The zero-order chi connectivity index (χ0) is 19.4. The molecule has 1 aliphatic rings. The first kappa shape index (κ1) is 19.9. The number of carbonyl (C=O) groups is 1. The quantitative estimate of drug-likeness (QED) is 0.710. The number of hydrogen-bond donors (Lipinski definition) is 0. The van der Waals surface area contributed by atoms with E-state index < -0.39 is 0 Å². The molecule has 1 amide bonds. The molecule has 1 heterocycles. The van der Waals surface area contributed by atoms with E-state index in [-0.39, 0.29) is 5.91 Å². The van der Waals surface area contributed by atoms with Crippen molar-refractivity contribution in [1.29, 1.82) is 0 Å². The summed E-state index contributed by atoms with van der Waals surface area (Å²) >= 11 is 3.44. The minimum Gasteiger partial charge on any atom is -0.369 e. The van der Waals surface area contributed by atoms with Crippen LogP contribution in [0.5, 0.6) is 0 Å². The number of halogens is 1. The summed E-state index contributed by atoms with van der Waals surface area (Å²) in [4.78, 5) is 19.4. The molecular weight excluding hydrogens is 402 g/mol. The molecule has 0 aromatic heterocycles. The van der Waals surface area contributed by atoms with Crippen molar-refractivity contribution in [2.75, 3.05) is 38.1 Å². The molecule has 3 rings (SSSR count). The van der Waals surface area contributed by atoms with Gasteiger partial charge >= 0.3 is 0 Å². The van der Waals surface area contributed by atoms with Crippen molar-refractivity contribution >= 4 is 27.5 Å². The lowest BCUT2D eigenvalue weighted by Crippen LogP contribution is -2.48. The Labute approximate surface area is 170 Å². The molecule has 1 fully saturated rings. The van der Waals surface area contributed by atoms with Gasteiger partial charge in [0.25, 0.3) is 5.91 Å². The highest BCUT2D eigenvalue weighted by atomic mass is 79.9. The molecule has 144 valence electrons. The van der Waals surface area contributed by atoms with Gasteiger partial charge in [-0.15, -0.1) is 0 Å². The Bertz CT molecular complexity index is 750. The van der Waals surface area contributed by atoms with Crippen molar-refractivity contribution in [2.24, 2.45) is 0 Å². The van der Waals surface area contributed by atoms with Gasteiger partial charge in [0.05, 0.1) is 0 Å². The molecule has 0 bridgehead atoms. The molecule has 0 N–H and O–H groups in total. The molecule has 0 saturated carbocycles. The Kier molecular flexibility index (Phi) is 6.55. The lowest BCUT2D eigenvalue weighted by atomic mass is 10.1. The third kappa shape index (κ3) is 5.11. The van der Waals surface area contributed by atoms with Gasteiger partial charge in [0.2, 0.25) is 0 Å². The molecule has 0 radical (unpaired) electrons. The Morgan fingerprint density at radius 2 is 1.59 bits per heavy atom. The predicted molar refractivity (Wildman–Crippen MR) is 115 cm³/mol. The molecule has 2 aromatic rings. The molecule has 1 saturated heterocycles. The summed E-state index contributed by atoms with van der Waals surface area (Å²) in [6.45, 7) is 9.36. The number of amides is 1. The number of rotatable bonds is 5. The molecule has 0 atom stereocenters. The SMILES string of the molecule is CC(C)N1CCN(c2ccc(C(=O)N(C)Cc3ccc(Br)cc3)cc2)CC1. The minimum absolute atomic E-state index is 0.0501. The van der Waals surface area contributed by atoms with E-state index in [1.54, 1.807) is 4.90 Å². The summed E-state index contributed by atoms with van der Waals surface area (Å²) in [5.74, 6) is 0.0501. The second-order valence-electron chi connectivity index (χ2n) is 7.45. The van der Waals surface area contributed by atoms with E-state index in [0.29, 0.717) is 12.6 Å². The first-order chi connectivity index (χ1) is 12.9. The summed E-state index contributed by atoms with van der Waals surface area (Å²) in [6, 6.07) is 16.7. The van der Waals surface area contributed by atoms with Crippen LogP contribution in [-0.2, 0) is 6.54 Å². The van der Waals surface area contributed by atoms with Crippen molar-refractivity contribution in [3.8, 4) is 0 Å². The van der Waals surface area contributed by atoms with E-state index >= 15 is 0 Å². The van der Waals surface area contributed by atoms with E-state index in [0.717, 1.165) is 41.8 Å². The number of anilines is 1. The number of hydrogen-bond acceptors (Lipinski definition) is 3. The predicted octanol–water partition coefficient (Wildman–Crippen LogP) is 4.25. The summed E-state index contributed by atoms with van der Waals surface area (Å²) in [5.41, 5.74) is 3.05. The first-order valence-corrected chi connectivity index (χ1v) is 10.3. The van der Waals surface area contributed by atoms with Crippen LogP contribution in [0.1, 0.15) is 29.8 Å². The van der Waals surface area contributed by atoms with Crippen LogP contribution in [0, 0.1) is 0 Å². The van der Waals surface area contributed by atoms with Crippen LogP contribution in [0.15, 0.2) is 53.0 Å². The van der Waals surface area contributed by atoms with Crippen LogP contribution in [0.2, 0.25) is 0 Å². The van der Waals surface area contributed by atoms with Gasteiger partial charge in [0.15, 0.2) is 0 Å². The van der Waals surface area contributed by atoms with E-state index in [4.69, 9.17) is 0 Å². The van der Waals surface area contributed by atoms with E-state index in [1.807, 2.05) is 43.4 Å². The van der Waals surface area contributed by atoms with Crippen LogP contribution in [0.3, 0.4) is 0 Å². The Balaban J connectivity index is 1.59. The maximum atomic E-state index is 12.7. The molecule has 27 heavy (non-hydrogen) atoms. The van der Waals surface area contributed by atoms with Crippen LogP contribution < -0.4 is 4.90 Å². The van der Waals surface area contributed by atoms with E-state index in [2.05, 4.69) is 51.7 Å². The highest BCUT2D eigenvalue weighted by molar-refractivity contribution is 9.10. The number of carbonyl (C=O) groups excluding carboxylic acids is 1. The fourth-order valence-corrected chi connectivity index (χ4v) is 3.73. The molecule has 0 spiro atoms. The smallest absolute Gasteiger partial charge is 0.253 e. The zero-order valence-corrected chi connectivity index (χ0v) is 17.9. The minimum atomic E-state index is 0.0501. The third-order valence-corrected chi connectivity index (χ3v) is 5.73. The van der Waals surface area contributed by atoms with Crippen molar-refractivity contribution in [1.82, 2.24) is 9.80 Å². The van der Waals surface area contributed by atoms with E-state index in [9.17, 15) is 4.79 Å². The summed E-state index contributed by atoms with van der Waals surface area (Å²) < 4.78 is 1.05.